The number of nitrogens with two attached hydrogens (primary N) is 1. The van der Waals surface area contributed by atoms with E-state index in [-0.39, 0.29) is 24.9 Å². The molecule has 0 saturated carbocycles. The number of hydrogen-bond acceptors (Lipinski definition) is 7. The summed E-state index contributed by atoms with van der Waals surface area (Å²) < 4.78 is 4.80. The van der Waals surface area contributed by atoms with Crippen LogP contribution >= 0.6 is 0 Å². The quantitative estimate of drug-likeness (QED) is 0.325. The number of carbonyl (C=O) groups is 4. The number of anilines is 2. The minimum atomic E-state index is -0.696. The summed E-state index contributed by atoms with van der Waals surface area (Å²) in [6.45, 7) is 0.0166. The summed E-state index contributed by atoms with van der Waals surface area (Å²) in [5, 5.41) is 2.86. The SMILES string of the molecule is COC(=O)c1ccc2c(c1)NC(=O)C2C(=Nc1ccc(N(C)C(=O)CN(C)CC(N)=O)cc1)c1ccccc1. The van der Waals surface area contributed by atoms with Gasteiger partial charge in [0, 0.05) is 18.4 Å². The zero-order valence-corrected chi connectivity index (χ0v) is 21.9. The zero-order valence-electron chi connectivity index (χ0n) is 21.9. The molecular formula is C29H29N5O5. The Morgan fingerprint density at radius 3 is 2.28 bits per heavy atom. The van der Waals surface area contributed by atoms with Gasteiger partial charge in [-0.1, -0.05) is 36.4 Å². The van der Waals surface area contributed by atoms with E-state index in [4.69, 9.17) is 15.5 Å². The number of carbonyl (C=O) groups excluding carboxylic acids is 4. The number of methoxy groups -OCH3 is 1. The summed E-state index contributed by atoms with van der Waals surface area (Å²) in [6, 6.07) is 21.4. The van der Waals surface area contributed by atoms with Crippen molar-refractivity contribution in [3.05, 3.63) is 89.5 Å². The van der Waals surface area contributed by atoms with Gasteiger partial charge < -0.3 is 20.7 Å². The molecular weight excluding hydrogens is 498 g/mol. The van der Waals surface area contributed by atoms with Gasteiger partial charge in [0.2, 0.25) is 17.7 Å². The molecule has 3 aromatic carbocycles. The Labute approximate surface area is 226 Å². The molecule has 0 saturated heterocycles. The predicted octanol–water partition coefficient (Wildman–Crippen LogP) is 2.71. The first-order chi connectivity index (χ1) is 18.7. The number of primary amides is 1. The zero-order chi connectivity index (χ0) is 28.1. The molecule has 39 heavy (non-hydrogen) atoms. The van der Waals surface area contributed by atoms with Crippen molar-refractivity contribution >= 4 is 46.5 Å². The van der Waals surface area contributed by atoms with Crippen molar-refractivity contribution < 1.29 is 23.9 Å². The molecule has 1 heterocycles. The maximum atomic E-state index is 13.2. The van der Waals surface area contributed by atoms with Crippen LogP contribution in [0.2, 0.25) is 0 Å². The molecule has 1 atom stereocenters. The predicted molar refractivity (Wildman–Crippen MR) is 148 cm³/mol. The van der Waals surface area contributed by atoms with Crippen LogP contribution in [-0.4, -0.2) is 68.6 Å². The Kier molecular flexibility index (Phi) is 8.16. The lowest BCUT2D eigenvalue weighted by atomic mass is 9.90. The summed E-state index contributed by atoms with van der Waals surface area (Å²) in [7, 11) is 4.60. The van der Waals surface area contributed by atoms with E-state index in [1.54, 1.807) is 61.5 Å². The number of likely N-dealkylation sites (N-methyl/N-ethyl adjacent to an activating group) is 2. The lowest BCUT2D eigenvalue weighted by Crippen LogP contribution is -2.40. The lowest BCUT2D eigenvalue weighted by Gasteiger charge is -2.21. The third kappa shape index (κ3) is 6.19. The third-order valence-corrected chi connectivity index (χ3v) is 6.34. The summed E-state index contributed by atoms with van der Waals surface area (Å²) in [5.41, 5.74) is 9.34. The molecule has 1 aliphatic heterocycles. The molecule has 0 aliphatic carbocycles. The molecule has 200 valence electrons. The van der Waals surface area contributed by atoms with Crippen molar-refractivity contribution in [1.29, 1.82) is 0 Å². The van der Waals surface area contributed by atoms with Gasteiger partial charge in [0.15, 0.2) is 0 Å². The average molecular weight is 528 g/mol. The summed E-state index contributed by atoms with van der Waals surface area (Å²) in [6.07, 6.45) is 0. The standard InChI is InChI=1S/C29H29N5O5/c1-33(16-24(30)35)17-25(36)34(2)21-12-10-20(11-13-21)31-27(18-7-5-4-6-8-18)26-22-14-9-19(29(38)39-3)15-23(22)32-28(26)37/h4-15,26H,16-17H2,1-3H3,(H2,30,35)(H,32,37). The van der Waals surface area contributed by atoms with E-state index < -0.39 is 17.8 Å². The maximum absolute atomic E-state index is 13.2. The molecule has 0 fully saturated rings. The molecule has 1 unspecified atom stereocenters. The molecule has 0 radical (unpaired) electrons. The minimum absolute atomic E-state index is 0.0165. The Hall–Kier alpha value is -4.83. The summed E-state index contributed by atoms with van der Waals surface area (Å²) in [5.74, 6) is -2.15. The second-order valence-corrected chi connectivity index (χ2v) is 9.19. The van der Waals surface area contributed by atoms with Gasteiger partial charge >= 0.3 is 5.97 Å². The third-order valence-electron chi connectivity index (χ3n) is 6.34. The van der Waals surface area contributed by atoms with Gasteiger partial charge in [0.25, 0.3) is 0 Å². The maximum Gasteiger partial charge on any atom is 0.337 e. The fourth-order valence-corrected chi connectivity index (χ4v) is 4.38. The Balaban J connectivity index is 1.64. The number of esters is 1. The van der Waals surface area contributed by atoms with Crippen LogP contribution in [0.5, 0.6) is 0 Å². The van der Waals surface area contributed by atoms with Crippen LogP contribution in [0.15, 0.2) is 77.8 Å². The number of nitrogens with one attached hydrogen (secondary N) is 1. The second-order valence-electron chi connectivity index (χ2n) is 9.19. The van der Waals surface area contributed by atoms with Crippen LogP contribution in [0.1, 0.15) is 27.4 Å². The molecule has 10 heteroatoms. The minimum Gasteiger partial charge on any atom is -0.465 e. The Morgan fingerprint density at radius 1 is 0.949 bits per heavy atom. The highest BCUT2D eigenvalue weighted by Gasteiger charge is 2.36. The van der Waals surface area contributed by atoms with Crippen LogP contribution in [-0.2, 0) is 19.1 Å². The van der Waals surface area contributed by atoms with Gasteiger partial charge in [-0.05, 0) is 54.6 Å². The van der Waals surface area contributed by atoms with Gasteiger partial charge in [-0.3, -0.25) is 24.3 Å². The number of hydrogen-bond donors (Lipinski definition) is 2. The van der Waals surface area contributed by atoms with Crippen molar-refractivity contribution in [2.75, 3.05) is 44.5 Å². The number of fused-ring (bicyclic) bond motifs is 1. The van der Waals surface area contributed by atoms with Gasteiger partial charge in [0.05, 0.1) is 37.2 Å². The summed E-state index contributed by atoms with van der Waals surface area (Å²) >= 11 is 0. The molecule has 3 aromatic rings. The highest BCUT2D eigenvalue weighted by molar-refractivity contribution is 6.24. The number of aliphatic imine (C=N–C) groups is 1. The van der Waals surface area contributed by atoms with Crippen LogP contribution in [0.4, 0.5) is 17.1 Å². The Bertz CT molecular complexity index is 1440. The molecule has 0 bridgehead atoms. The number of nitrogens with zero attached hydrogens (tertiary/aromatic N) is 3. The molecule has 10 nitrogen and oxygen atoms in total. The molecule has 3 N–H and O–H groups in total. The van der Waals surface area contributed by atoms with Crippen LogP contribution < -0.4 is 16.0 Å². The second kappa shape index (κ2) is 11.7. The van der Waals surface area contributed by atoms with Crippen LogP contribution in [0.3, 0.4) is 0 Å². The molecule has 4 rings (SSSR count). The number of benzene rings is 3. The molecule has 1 aliphatic rings. The molecule has 0 aromatic heterocycles. The normalized spacial score (nSPS) is 14.5. The van der Waals surface area contributed by atoms with E-state index in [2.05, 4.69) is 5.32 Å². The highest BCUT2D eigenvalue weighted by atomic mass is 16.5. The lowest BCUT2D eigenvalue weighted by molar-refractivity contribution is -0.121. The fraction of sp³-hybridized carbons (Fsp3) is 0.207. The van der Waals surface area contributed by atoms with Crippen LogP contribution in [0.25, 0.3) is 0 Å². The van der Waals surface area contributed by atoms with E-state index in [1.807, 2.05) is 30.3 Å². The smallest absolute Gasteiger partial charge is 0.337 e. The van der Waals surface area contributed by atoms with Gasteiger partial charge in [-0.25, -0.2) is 4.79 Å². The highest BCUT2D eigenvalue weighted by Crippen LogP contribution is 2.37. The van der Waals surface area contributed by atoms with E-state index in [0.717, 1.165) is 5.56 Å². The summed E-state index contributed by atoms with van der Waals surface area (Å²) in [4.78, 5) is 56.8. The monoisotopic (exact) mass is 527 g/mol. The first-order valence-electron chi connectivity index (χ1n) is 12.2. The number of rotatable bonds is 9. The largest absolute Gasteiger partial charge is 0.465 e. The van der Waals surface area contributed by atoms with Crippen LogP contribution in [0, 0.1) is 0 Å². The van der Waals surface area contributed by atoms with Gasteiger partial charge in [-0.2, -0.15) is 0 Å². The van der Waals surface area contributed by atoms with E-state index in [0.29, 0.717) is 33.9 Å². The number of amides is 3. The first-order valence-corrected chi connectivity index (χ1v) is 12.2. The van der Waals surface area contributed by atoms with E-state index in [1.165, 1.54) is 12.0 Å². The molecule has 0 spiro atoms. The van der Waals surface area contributed by atoms with Crippen molar-refractivity contribution in [2.45, 2.75) is 5.92 Å². The van der Waals surface area contributed by atoms with Crippen molar-refractivity contribution in [1.82, 2.24) is 4.90 Å². The Morgan fingerprint density at radius 2 is 1.64 bits per heavy atom. The fourth-order valence-electron chi connectivity index (χ4n) is 4.38. The van der Waals surface area contributed by atoms with E-state index >= 15 is 0 Å². The van der Waals surface area contributed by atoms with E-state index in [9.17, 15) is 19.2 Å². The van der Waals surface area contributed by atoms with Gasteiger partial charge in [0.1, 0.15) is 5.92 Å². The van der Waals surface area contributed by atoms with Crippen molar-refractivity contribution in [3.8, 4) is 0 Å². The topological polar surface area (TPSA) is 134 Å². The molecule has 3 amide bonds. The van der Waals surface area contributed by atoms with Crippen molar-refractivity contribution in [2.24, 2.45) is 10.7 Å². The average Bonchev–Trinajstić information content (AvgIpc) is 3.25. The first kappa shape index (κ1) is 27.2. The van der Waals surface area contributed by atoms with Crippen molar-refractivity contribution in [3.63, 3.8) is 0 Å². The van der Waals surface area contributed by atoms with Gasteiger partial charge in [-0.15, -0.1) is 0 Å². The number of ether oxygens (including phenoxy) is 1.